The third kappa shape index (κ3) is 9.52. The summed E-state index contributed by atoms with van der Waals surface area (Å²) in [5.74, 6) is 0.475. The van der Waals surface area contributed by atoms with Gasteiger partial charge in [0, 0.05) is 24.7 Å². The fourth-order valence-corrected chi connectivity index (χ4v) is 5.31. The highest BCUT2D eigenvalue weighted by atomic mass is 32.2. The molecule has 0 fully saturated rings. The molecule has 10 nitrogen and oxygen atoms in total. The molecule has 0 saturated carbocycles. The maximum atomic E-state index is 13.7. The molecule has 4 N–H and O–H groups in total. The lowest BCUT2D eigenvalue weighted by Gasteiger charge is -2.25. The number of anilines is 1. The SMILES string of the molecule is Cc1ccc(CNCC(O)C(Cc2ccccc2)NC(=O)c2cc(C(=O)NC(C)c3ccccc3)cc(N(C)S(C)(=O)=O)c2)o1. The smallest absolute Gasteiger partial charge is 0.251 e. The second kappa shape index (κ2) is 15.0. The number of carbonyl (C=O) groups excluding carboxylic acids is 2. The van der Waals surface area contributed by atoms with Crippen molar-refractivity contribution in [2.75, 3.05) is 24.2 Å². The van der Waals surface area contributed by atoms with Crippen LogP contribution in [-0.2, 0) is 23.0 Å². The number of sulfonamides is 1. The quantitative estimate of drug-likeness (QED) is 0.165. The fraction of sp³-hybridized carbons (Fsp3) is 0.294. The number of nitrogens with zero attached hydrogens (tertiary/aromatic N) is 1. The van der Waals surface area contributed by atoms with Crippen LogP contribution in [0.5, 0.6) is 0 Å². The van der Waals surface area contributed by atoms with Crippen LogP contribution >= 0.6 is 0 Å². The molecule has 0 spiro atoms. The summed E-state index contributed by atoms with van der Waals surface area (Å²) in [6.45, 7) is 4.26. The van der Waals surface area contributed by atoms with E-state index in [-0.39, 0.29) is 29.4 Å². The molecule has 0 aliphatic carbocycles. The van der Waals surface area contributed by atoms with Gasteiger partial charge in [0.1, 0.15) is 11.5 Å². The minimum absolute atomic E-state index is 0.0739. The van der Waals surface area contributed by atoms with Crippen LogP contribution in [0.2, 0.25) is 0 Å². The third-order valence-electron chi connectivity index (χ3n) is 7.48. The first kappa shape index (κ1) is 33.4. The van der Waals surface area contributed by atoms with E-state index in [1.54, 1.807) is 0 Å². The third-order valence-corrected chi connectivity index (χ3v) is 8.68. The number of nitrogens with one attached hydrogen (secondary N) is 3. The van der Waals surface area contributed by atoms with Crippen molar-refractivity contribution in [3.63, 3.8) is 0 Å². The lowest BCUT2D eigenvalue weighted by Crippen LogP contribution is -2.48. The van der Waals surface area contributed by atoms with Gasteiger partial charge >= 0.3 is 0 Å². The van der Waals surface area contributed by atoms with Crippen LogP contribution in [0.3, 0.4) is 0 Å². The van der Waals surface area contributed by atoms with Crippen molar-refractivity contribution in [1.29, 1.82) is 0 Å². The summed E-state index contributed by atoms with van der Waals surface area (Å²) >= 11 is 0. The highest BCUT2D eigenvalue weighted by molar-refractivity contribution is 7.92. The molecule has 4 aromatic rings. The molecule has 238 valence electrons. The van der Waals surface area contributed by atoms with Crippen molar-refractivity contribution < 1.29 is 27.5 Å². The lowest BCUT2D eigenvalue weighted by atomic mass is 10.00. The fourth-order valence-electron chi connectivity index (χ4n) is 4.82. The molecule has 3 atom stereocenters. The number of hydrogen-bond acceptors (Lipinski definition) is 7. The van der Waals surface area contributed by atoms with Crippen molar-refractivity contribution in [2.45, 2.75) is 45.0 Å². The molecular formula is C34H40N4O6S. The van der Waals surface area contributed by atoms with Gasteiger partial charge in [-0.3, -0.25) is 13.9 Å². The Bertz CT molecular complexity index is 1690. The Morgan fingerprint density at radius 1 is 0.889 bits per heavy atom. The number of carbonyl (C=O) groups is 2. The first-order chi connectivity index (χ1) is 21.4. The van der Waals surface area contributed by atoms with Crippen molar-refractivity contribution in [3.05, 3.63) is 125 Å². The second-order valence-electron chi connectivity index (χ2n) is 11.1. The number of benzene rings is 3. The molecule has 0 saturated heterocycles. The average molecular weight is 633 g/mol. The van der Waals surface area contributed by atoms with E-state index >= 15 is 0 Å². The summed E-state index contributed by atoms with van der Waals surface area (Å²) in [5.41, 5.74) is 2.14. The molecule has 3 unspecified atom stereocenters. The number of amides is 2. The van der Waals surface area contributed by atoms with Crippen molar-refractivity contribution in [2.24, 2.45) is 0 Å². The van der Waals surface area contributed by atoms with Crippen LogP contribution in [0, 0.1) is 6.92 Å². The zero-order valence-corrected chi connectivity index (χ0v) is 26.7. The average Bonchev–Trinajstić information content (AvgIpc) is 3.44. The summed E-state index contributed by atoms with van der Waals surface area (Å²) in [4.78, 5) is 27.1. The molecule has 4 rings (SSSR count). The molecule has 3 aromatic carbocycles. The molecule has 0 aliphatic rings. The summed E-state index contributed by atoms with van der Waals surface area (Å²) in [5, 5.41) is 20.2. The molecule has 2 amide bonds. The Morgan fingerprint density at radius 2 is 1.49 bits per heavy atom. The van der Waals surface area contributed by atoms with Crippen LogP contribution in [0.4, 0.5) is 5.69 Å². The van der Waals surface area contributed by atoms with Crippen LogP contribution < -0.4 is 20.3 Å². The van der Waals surface area contributed by atoms with Gasteiger partial charge in [-0.15, -0.1) is 0 Å². The van der Waals surface area contributed by atoms with E-state index in [4.69, 9.17) is 4.42 Å². The van der Waals surface area contributed by atoms with Crippen molar-refractivity contribution in [3.8, 4) is 0 Å². The Kier molecular flexibility index (Phi) is 11.2. The standard InChI is InChI=1S/C34H40N4O6S/c1-23-15-16-30(44-23)21-35-22-32(39)31(17-25-11-7-5-8-12-25)37-34(41)28-18-27(19-29(20-28)38(3)45(4,42)43)33(40)36-24(2)26-13-9-6-10-14-26/h5-16,18-20,24,31-32,35,39H,17,21-22H2,1-4H3,(H,36,40)(H,37,41). The molecule has 11 heteroatoms. The number of rotatable bonds is 14. The minimum atomic E-state index is -3.70. The van der Waals surface area contributed by atoms with Gasteiger partial charge in [0.25, 0.3) is 11.8 Å². The van der Waals surface area contributed by atoms with E-state index in [9.17, 15) is 23.1 Å². The first-order valence-electron chi connectivity index (χ1n) is 14.6. The molecule has 0 radical (unpaired) electrons. The minimum Gasteiger partial charge on any atom is -0.465 e. The van der Waals surface area contributed by atoms with E-state index in [2.05, 4.69) is 16.0 Å². The van der Waals surface area contributed by atoms with Crippen LogP contribution in [0.25, 0.3) is 0 Å². The van der Waals surface area contributed by atoms with Crippen molar-refractivity contribution in [1.82, 2.24) is 16.0 Å². The zero-order valence-electron chi connectivity index (χ0n) is 25.9. The van der Waals surface area contributed by atoms with Crippen molar-refractivity contribution >= 4 is 27.5 Å². The normalized spacial score (nSPS) is 13.4. The Morgan fingerprint density at radius 3 is 2.07 bits per heavy atom. The molecule has 0 bridgehead atoms. The number of aliphatic hydroxyl groups is 1. The van der Waals surface area contributed by atoms with E-state index in [0.29, 0.717) is 13.0 Å². The monoisotopic (exact) mass is 632 g/mol. The summed E-state index contributed by atoms with van der Waals surface area (Å²) < 4.78 is 31.4. The molecular weight excluding hydrogens is 592 g/mol. The zero-order chi connectivity index (χ0) is 32.6. The summed E-state index contributed by atoms with van der Waals surface area (Å²) in [6, 6.07) is 25.8. The number of aryl methyl sites for hydroxylation is 1. The number of aliphatic hydroxyl groups excluding tert-OH is 1. The van der Waals surface area contributed by atoms with Gasteiger partial charge in [-0.2, -0.15) is 0 Å². The van der Waals surface area contributed by atoms with Gasteiger partial charge < -0.3 is 25.5 Å². The number of hydrogen-bond donors (Lipinski definition) is 4. The molecule has 0 aliphatic heterocycles. The van der Waals surface area contributed by atoms with Crippen LogP contribution in [0.1, 0.15) is 56.3 Å². The molecule has 1 aromatic heterocycles. The second-order valence-corrected chi connectivity index (χ2v) is 13.1. The van der Waals surface area contributed by atoms with Gasteiger partial charge in [0.15, 0.2) is 0 Å². The predicted octanol–water partition coefficient (Wildman–Crippen LogP) is 3.97. The maximum Gasteiger partial charge on any atom is 0.251 e. The van der Waals surface area contributed by atoms with Gasteiger partial charge in [-0.1, -0.05) is 60.7 Å². The van der Waals surface area contributed by atoms with E-state index in [0.717, 1.165) is 33.2 Å². The lowest BCUT2D eigenvalue weighted by molar-refractivity contribution is 0.0829. The van der Waals surface area contributed by atoms with Gasteiger partial charge in [-0.05, 0) is 61.7 Å². The largest absolute Gasteiger partial charge is 0.465 e. The summed E-state index contributed by atoms with van der Waals surface area (Å²) in [7, 11) is -2.35. The maximum absolute atomic E-state index is 13.7. The van der Waals surface area contributed by atoms with Gasteiger partial charge in [0.2, 0.25) is 10.0 Å². The van der Waals surface area contributed by atoms with Gasteiger partial charge in [0.05, 0.1) is 36.7 Å². The molecule has 45 heavy (non-hydrogen) atoms. The van der Waals surface area contributed by atoms with E-state index in [1.807, 2.05) is 86.6 Å². The Balaban J connectivity index is 1.58. The highest BCUT2D eigenvalue weighted by Gasteiger charge is 2.25. The Hall–Kier alpha value is -4.45. The highest BCUT2D eigenvalue weighted by Crippen LogP contribution is 2.22. The Labute approximate surface area is 264 Å². The summed E-state index contributed by atoms with van der Waals surface area (Å²) in [6.07, 6.45) is 0.391. The first-order valence-corrected chi connectivity index (χ1v) is 16.5. The number of furan rings is 1. The molecule has 1 heterocycles. The van der Waals surface area contributed by atoms with Gasteiger partial charge in [-0.25, -0.2) is 8.42 Å². The van der Waals surface area contributed by atoms with E-state index < -0.39 is 34.0 Å². The van der Waals surface area contributed by atoms with Crippen LogP contribution in [-0.4, -0.2) is 57.3 Å². The van der Waals surface area contributed by atoms with E-state index in [1.165, 1.54) is 25.2 Å². The topological polar surface area (TPSA) is 141 Å². The van der Waals surface area contributed by atoms with Crippen LogP contribution in [0.15, 0.2) is 95.4 Å². The predicted molar refractivity (Wildman–Crippen MR) is 175 cm³/mol.